The molecule has 2 aromatic carbocycles. The molecule has 0 saturated carbocycles. The zero-order valence-corrected chi connectivity index (χ0v) is 18.2. The van der Waals surface area contributed by atoms with Crippen LogP contribution in [0.1, 0.15) is 45.7 Å². The lowest BCUT2D eigenvalue weighted by atomic mass is 9.76. The second-order valence-electron chi connectivity index (χ2n) is 8.62. The molecule has 162 valence electrons. The number of rotatable bonds is 4. The molecular weight excluding hydrogens is 402 g/mol. The molecule has 0 bridgehead atoms. The maximum atomic E-state index is 13.5. The minimum absolute atomic E-state index is 0.245. The van der Waals surface area contributed by atoms with E-state index >= 15 is 0 Å². The van der Waals surface area contributed by atoms with E-state index in [4.69, 9.17) is 0 Å². The fourth-order valence-corrected chi connectivity index (χ4v) is 5.20. The molecule has 6 heteroatoms. The molecule has 1 aliphatic carbocycles. The van der Waals surface area contributed by atoms with E-state index in [0.29, 0.717) is 12.0 Å². The fourth-order valence-electron chi connectivity index (χ4n) is 5.20. The van der Waals surface area contributed by atoms with Gasteiger partial charge < -0.3 is 9.88 Å². The Balaban J connectivity index is 1.44. The van der Waals surface area contributed by atoms with Crippen LogP contribution in [0, 0.1) is 13.8 Å². The Morgan fingerprint density at radius 1 is 1.03 bits per heavy atom. The Bertz CT molecular complexity index is 1240. The smallest absolute Gasteiger partial charge is 0.319 e. The summed E-state index contributed by atoms with van der Waals surface area (Å²) in [6.07, 6.45) is 2.23. The van der Waals surface area contributed by atoms with Crippen LogP contribution in [0.3, 0.4) is 0 Å². The van der Waals surface area contributed by atoms with Gasteiger partial charge in [0.1, 0.15) is 5.54 Å². The monoisotopic (exact) mass is 427 g/mol. The van der Waals surface area contributed by atoms with Gasteiger partial charge in [-0.15, -0.1) is 0 Å². The van der Waals surface area contributed by atoms with E-state index < -0.39 is 11.6 Å². The van der Waals surface area contributed by atoms with Crippen molar-refractivity contribution in [3.63, 3.8) is 0 Å². The van der Waals surface area contributed by atoms with Gasteiger partial charge in [-0.2, -0.15) is 0 Å². The minimum Gasteiger partial charge on any atom is -0.319 e. The van der Waals surface area contributed by atoms with E-state index in [0.717, 1.165) is 45.9 Å². The van der Waals surface area contributed by atoms with Gasteiger partial charge >= 0.3 is 6.03 Å². The first-order valence-corrected chi connectivity index (χ1v) is 10.9. The molecule has 6 nitrogen and oxygen atoms in total. The third kappa shape index (κ3) is 2.98. The Kier molecular flexibility index (Phi) is 4.73. The zero-order chi connectivity index (χ0) is 22.5. The highest BCUT2D eigenvalue weighted by atomic mass is 16.2. The van der Waals surface area contributed by atoms with Crippen molar-refractivity contribution in [2.45, 2.75) is 38.6 Å². The molecule has 2 heterocycles. The number of carbonyl (C=O) groups excluding carboxylic acids is 3. The van der Waals surface area contributed by atoms with Gasteiger partial charge in [-0.25, -0.2) is 4.79 Å². The number of aromatic nitrogens is 1. The number of carbonyl (C=O) groups is 3. The van der Waals surface area contributed by atoms with Crippen LogP contribution in [0.5, 0.6) is 0 Å². The van der Waals surface area contributed by atoms with Gasteiger partial charge in [-0.05, 0) is 62.4 Å². The van der Waals surface area contributed by atoms with Crippen LogP contribution in [0.2, 0.25) is 0 Å². The summed E-state index contributed by atoms with van der Waals surface area (Å²) in [7, 11) is 0. The lowest BCUT2D eigenvalue weighted by molar-refractivity contribution is -0.131. The lowest BCUT2D eigenvalue weighted by Crippen LogP contribution is -2.46. The van der Waals surface area contributed by atoms with Crippen LogP contribution >= 0.6 is 0 Å². The number of amides is 3. The third-order valence-electron chi connectivity index (χ3n) is 6.70. The number of urea groups is 1. The van der Waals surface area contributed by atoms with Crippen molar-refractivity contribution in [1.29, 1.82) is 0 Å². The first-order chi connectivity index (χ1) is 15.4. The van der Waals surface area contributed by atoms with Crippen molar-refractivity contribution in [2.24, 2.45) is 0 Å². The molecule has 3 amide bonds. The largest absolute Gasteiger partial charge is 0.325 e. The van der Waals surface area contributed by atoms with Crippen LogP contribution in [0.15, 0.2) is 60.7 Å². The third-order valence-corrected chi connectivity index (χ3v) is 6.70. The van der Waals surface area contributed by atoms with Crippen molar-refractivity contribution in [2.75, 3.05) is 6.54 Å². The standard InChI is InChI=1S/C26H25N3O3/c1-17-15-21(18(2)29(17)20-11-4-3-5-12-20)23(30)16-28-24(31)26(27-25(28)32)14-8-10-19-9-6-7-13-22(19)26/h3-7,9,11-13,15H,8,10,14,16H2,1-2H3,(H,27,32)/t26-/m1/s1. The summed E-state index contributed by atoms with van der Waals surface area (Å²) in [6.45, 7) is 3.56. The molecule has 1 spiro atoms. The van der Waals surface area contributed by atoms with E-state index in [9.17, 15) is 14.4 Å². The first-order valence-electron chi connectivity index (χ1n) is 10.9. The van der Waals surface area contributed by atoms with Gasteiger partial charge in [0.2, 0.25) is 0 Å². The molecular formula is C26H25N3O3. The zero-order valence-electron chi connectivity index (χ0n) is 18.2. The van der Waals surface area contributed by atoms with Crippen LogP contribution < -0.4 is 5.32 Å². The Morgan fingerprint density at radius 2 is 1.75 bits per heavy atom. The molecule has 1 aliphatic heterocycles. The number of Topliss-reactive ketones (excluding diaryl/α,β-unsaturated/α-hetero) is 1. The van der Waals surface area contributed by atoms with Gasteiger partial charge in [0.25, 0.3) is 5.91 Å². The van der Waals surface area contributed by atoms with Crippen molar-refractivity contribution in [1.82, 2.24) is 14.8 Å². The predicted molar refractivity (Wildman–Crippen MR) is 121 cm³/mol. The normalized spacial score (nSPS) is 19.9. The Morgan fingerprint density at radius 3 is 2.53 bits per heavy atom. The topological polar surface area (TPSA) is 71.4 Å². The van der Waals surface area contributed by atoms with Crippen LogP contribution in [-0.4, -0.2) is 33.7 Å². The van der Waals surface area contributed by atoms with Crippen molar-refractivity contribution < 1.29 is 14.4 Å². The molecule has 1 saturated heterocycles. The number of nitrogens with one attached hydrogen (secondary N) is 1. The maximum Gasteiger partial charge on any atom is 0.325 e. The van der Waals surface area contributed by atoms with Gasteiger partial charge in [-0.3, -0.25) is 14.5 Å². The summed E-state index contributed by atoms with van der Waals surface area (Å²) >= 11 is 0. The highest BCUT2D eigenvalue weighted by Crippen LogP contribution is 2.40. The summed E-state index contributed by atoms with van der Waals surface area (Å²) in [5.74, 6) is -0.579. The molecule has 5 rings (SSSR count). The van der Waals surface area contributed by atoms with E-state index in [1.54, 1.807) is 0 Å². The molecule has 1 N–H and O–H groups in total. The second kappa shape index (κ2) is 7.48. The Labute approximate surface area is 186 Å². The molecule has 2 aliphatic rings. The highest BCUT2D eigenvalue weighted by Gasteiger charge is 2.54. The molecule has 3 aromatic rings. The number of ketones is 1. The number of nitrogens with zero attached hydrogens (tertiary/aromatic N) is 2. The van der Waals surface area contributed by atoms with Gasteiger partial charge in [0, 0.05) is 22.6 Å². The van der Waals surface area contributed by atoms with E-state index in [2.05, 4.69) is 5.32 Å². The Hall–Kier alpha value is -3.67. The second-order valence-corrected chi connectivity index (χ2v) is 8.62. The number of hydrogen-bond acceptors (Lipinski definition) is 3. The quantitative estimate of drug-likeness (QED) is 0.504. The highest BCUT2D eigenvalue weighted by molar-refractivity contribution is 6.12. The van der Waals surface area contributed by atoms with E-state index in [-0.39, 0.29) is 18.2 Å². The van der Waals surface area contributed by atoms with Crippen molar-refractivity contribution >= 4 is 17.7 Å². The number of benzene rings is 2. The van der Waals surface area contributed by atoms with Gasteiger partial charge in [0.05, 0.1) is 6.54 Å². The summed E-state index contributed by atoms with van der Waals surface area (Å²) in [5, 5.41) is 2.92. The maximum absolute atomic E-state index is 13.5. The predicted octanol–water partition coefficient (Wildman–Crippen LogP) is 4.06. The minimum atomic E-state index is -1.06. The summed E-state index contributed by atoms with van der Waals surface area (Å²) < 4.78 is 2.01. The van der Waals surface area contributed by atoms with Crippen molar-refractivity contribution in [3.05, 3.63) is 88.7 Å². The van der Waals surface area contributed by atoms with Gasteiger partial charge in [0.15, 0.2) is 5.78 Å². The summed E-state index contributed by atoms with van der Waals surface area (Å²) in [6, 6.07) is 18.9. The number of fused-ring (bicyclic) bond motifs is 2. The SMILES string of the molecule is Cc1cc(C(=O)CN2C(=O)N[C@@]3(CCCc4ccccc43)C2=O)c(C)n1-c1ccccc1. The number of imide groups is 1. The van der Waals surface area contributed by atoms with E-state index in [1.165, 1.54) is 0 Å². The fraction of sp³-hybridized carbons (Fsp3) is 0.269. The summed E-state index contributed by atoms with van der Waals surface area (Å²) in [5.41, 5.74) is 4.07. The van der Waals surface area contributed by atoms with Crippen molar-refractivity contribution in [3.8, 4) is 5.69 Å². The molecule has 0 unspecified atom stereocenters. The number of aryl methyl sites for hydroxylation is 2. The van der Waals surface area contributed by atoms with Crippen LogP contribution in [0.25, 0.3) is 5.69 Å². The van der Waals surface area contributed by atoms with Crippen LogP contribution in [0.4, 0.5) is 4.79 Å². The number of hydrogen-bond donors (Lipinski definition) is 1. The molecule has 0 radical (unpaired) electrons. The average Bonchev–Trinajstić information content (AvgIpc) is 3.22. The molecule has 1 atom stereocenters. The van der Waals surface area contributed by atoms with Gasteiger partial charge in [-0.1, -0.05) is 42.5 Å². The molecule has 32 heavy (non-hydrogen) atoms. The summed E-state index contributed by atoms with van der Waals surface area (Å²) in [4.78, 5) is 40.7. The molecule has 1 fully saturated rings. The first kappa shape index (κ1) is 20.2. The lowest BCUT2D eigenvalue weighted by Gasteiger charge is -2.33. The average molecular weight is 428 g/mol. The van der Waals surface area contributed by atoms with E-state index in [1.807, 2.05) is 79.1 Å². The number of para-hydroxylation sites is 1. The molecule has 1 aromatic heterocycles. The van der Waals surface area contributed by atoms with Crippen LogP contribution in [-0.2, 0) is 16.8 Å².